The van der Waals surface area contributed by atoms with Crippen LogP contribution in [0.5, 0.6) is 0 Å². The molecule has 0 saturated heterocycles. The van der Waals surface area contributed by atoms with E-state index in [2.05, 4.69) is 42.5 Å². The summed E-state index contributed by atoms with van der Waals surface area (Å²) in [6.45, 7) is 0. The first-order valence-electron chi connectivity index (χ1n) is 3.57. The van der Waals surface area contributed by atoms with Crippen molar-refractivity contribution in [1.29, 1.82) is 0 Å². The van der Waals surface area contributed by atoms with E-state index in [4.69, 9.17) is 0 Å². The first-order chi connectivity index (χ1) is 5.38. The SMILES string of the molecule is [Cl-].[Cl-].[Zr+2][c]1ccc2cccccc1-2. The van der Waals surface area contributed by atoms with E-state index >= 15 is 0 Å². The Morgan fingerprint density at radius 3 is 2.23 bits per heavy atom. The predicted octanol–water partition coefficient (Wildman–Crippen LogP) is -4.03. The van der Waals surface area contributed by atoms with Gasteiger partial charge in [-0.1, -0.05) is 0 Å². The topological polar surface area (TPSA) is 0 Å². The van der Waals surface area contributed by atoms with Crippen LogP contribution >= 0.6 is 0 Å². The molecule has 0 atom stereocenters. The number of hydrogen-bond acceptors (Lipinski definition) is 0. The van der Waals surface area contributed by atoms with Gasteiger partial charge in [-0.15, -0.1) is 0 Å². The molecular formula is C10H7Cl2Zr. The molecule has 0 fully saturated rings. The third-order valence-electron chi connectivity index (χ3n) is 1.79. The van der Waals surface area contributed by atoms with Gasteiger partial charge < -0.3 is 24.8 Å². The van der Waals surface area contributed by atoms with Crippen LogP contribution in [0.25, 0.3) is 11.1 Å². The van der Waals surface area contributed by atoms with E-state index in [1.54, 1.807) is 0 Å². The van der Waals surface area contributed by atoms with E-state index in [-0.39, 0.29) is 24.8 Å². The van der Waals surface area contributed by atoms with Crippen LogP contribution in [-0.4, -0.2) is 0 Å². The summed E-state index contributed by atoms with van der Waals surface area (Å²) in [5.74, 6) is 0. The van der Waals surface area contributed by atoms with Crippen LogP contribution < -0.4 is 28.1 Å². The maximum absolute atomic E-state index is 2.20. The molecule has 0 amide bonds. The third kappa shape index (κ3) is 2.81. The van der Waals surface area contributed by atoms with Crippen LogP contribution in [0.4, 0.5) is 0 Å². The first-order valence-corrected chi connectivity index (χ1v) is 4.80. The second-order valence-electron chi connectivity index (χ2n) is 2.53. The van der Waals surface area contributed by atoms with Crippen molar-refractivity contribution in [3.63, 3.8) is 0 Å². The molecule has 0 saturated carbocycles. The number of halogens is 2. The van der Waals surface area contributed by atoms with E-state index in [0.29, 0.717) is 0 Å². The summed E-state index contributed by atoms with van der Waals surface area (Å²) < 4.78 is 1.45. The predicted molar refractivity (Wildman–Crippen MR) is 42.7 cm³/mol. The molecule has 0 aromatic rings. The molecule has 65 valence electrons. The van der Waals surface area contributed by atoms with Gasteiger partial charge in [0.05, 0.1) is 0 Å². The number of fused-ring (bicyclic) bond motifs is 1. The molecule has 0 spiro atoms. The zero-order chi connectivity index (χ0) is 7.68. The summed E-state index contributed by atoms with van der Waals surface area (Å²) in [4.78, 5) is 0. The van der Waals surface area contributed by atoms with Crippen LogP contribution in [0, 0.1) is 0 Å². The van der Waals surface area contributed by atoms with Crippen molar-refractivity contribution in [3.8, 4) is 11.1 Å². The van der Waals surface area contributed by atoms with Gasteiger partial charge in [0, 0.05) is 0 Å². The Bertz CT molecular complexity index is 349. The Balaban J connectivity index is 0.000000720. The van der Waals surface area contributed by atoms with Gasteiger partial charge in [-0.3, -0.25) is 0 Å². The zero-order valence-corrected chi connectivity index (χ0v) is 10.8. The van der Waals surface area contributed by atoms with Crippen LogP contribution in [0.1, 0.15) is 0 Å². The zero-order valence-electron chi connectivity index (χ0n) is 6.80. The summed E-state index contributed by atoms with van der Waals surface area (Å²) in [7, 11) is 0. The quantitative estimate of drug-likeness (QED) is 0.463. The molecule has 2 aliphatic rings. The molecule has 2 rings (SSSR count). The fraction of sp³-hybridized carbons (Fsp3) is 0. The van der Waals surface area contributed by atoms with Gasteiger partial charge in [0.1, 0.15) is 0 Å². The molecule has 0 N–H and O–H groups in total. The van der Waals surface area contributed by atoms with E-state index in [0.717, 1.165) is 0 Å². The second kappa shape index (κ2) is 5.80. The van der Waals surface area contributed by atoms with Crippen molar-refractivity contribution in [1.82, 2.24) is 0 Å². The van der Waals surface area contributed by atoms with Gasteiger partial charge in [0.25, 0.3) is 0 Å². The van der Waals surface area contributed by atoms with Crippen LogP contribution in [0.3, 0.4) is 0 Å². The molecule has 0 aliphatic heterocycles. The minimum absolute atomic E-state index is 0. The van der Waals surface area contributed by atoms with Gasteiger partial charge in [0.15, 0.2) is 0 Å². The Morgan fingerprint density at radius 1 is 0.769 bits per heavy atom. The molecule has 0 aromatic heterocycles. The number of hydrogen-bond donors (Lipinski definition) is 0. The van der Waals surface area contributed by atoms with Crippen LogP contribution in [0.15, 0.2) is 42.5 Å². The standard InChI is InChI=1S/C10H7.2ClH.Zr/c1-2-5-9-7-4-8-10(9)6-3-1;;;/h1-7H;2*1H;/q;;;+2/p-2. The average molecular weight is 289 g/mol. The van der Waals surface area contributed by atoms with Crippen molar-refractivity contribution in [2.45, 2.75) is 0 Å². The van der Waals surface area contributed by atoms with E-state index in [1.165, 1.54) is 39.1 Å². The molecule has 0 bridgehead atoms. The summed E-state index contributed by atoms with van der Waals surface area (Å²) in [5, 5.41) is 0. The van der Waals surface area contributed by atoms with Crippen molar-refractivity contribution in [3.05, 3.63) is 42.5 Å². The van der Waals surface area contributed by atoms with Crippen molar-refractivity contribution < 1.29 is 49.5 Å². The normalized spacial score (nSPS) is 8.77. The molecule has 2 aliphatic carbocycles. The number of rotatable bonds is 0. The van der Waals surface area contributed by atoms with Gasteiger partial charge in [-0.05, 0) is 0 Å². The summed E-state index contributed by atoms with van der Waals surface area (Å²) >= 11 is 1.49. The average Bonchev–Trinajstić information content (AvgIpc) is 2.25. The van der Waals surface area contributed by atoms with Gasteiger partial charge in [-0.25, -0.2) is 0 Å². The molecular weight excluding hydrogens is 282 g/mol. The second-order valence-corrected chi connectivity index (χ2v) is 3.85. The summed E-state index contributed by atoms with van der Waals surface area (Å²) in [5.41, 5.74) is 2.75. The Labute approximate surface area is 106 Å². The van der Waals surface area contributed by atoms with Crippen molar-refractivity contribution in [2.75, 3.05) is 0 Å². The van der Waals surface area contributed by atoms with Crippen molar-refractivity contribution in [2.24, 2.45) is 0 Å². The van der Waals surface area contributed by atoms with Gasteiger partial charge in [0.2, 0.25) is 0 Å². The molecule has 0 aromatic carbocycles. The van der Waals surface area contributed by atoms with Crippen molar-refractivity contribution >= 4 is 3.27 Å². The van der Waals surface area contributed by atoms with Gasteiger partial charge in [-0.2, -0.15) is 0 Å². The molecule has 13 heavy (non-hydrogen) atoms. The molecule has 3 heteroatoms. The molecule has 0 heterocycles. The monoisotopic (exact) mass is 287 g/mol. The van der Waals surface area contributed by atoms with Gasteiger partial charge >= 0.3 is 81.6 Å². The van der Waals surface area contributed by atoms with E-state index < -0.39 is 0 Å². The Kier molecular flexibility index (Phi) is 5.87. The van der Waals surface area contributed by atoms with E-state index in [1.807, 2.05) is 0 Å². The Morgan fingerprint density at radius 2 is 1.46 bits per heavy atom. The summed E-state index contributed by atoms with van der Waals surface area (Å²) in [6.07, 6.45) is 0. The summed E-state index contributed by atoms with van der Waals surface area (Å²) in [6, 6.07) is 15.0. The fourth-order valence-electron chi connectivity index (χ4n) is 1.21. The minimum atomic E-state index is 0. The molecule has 0 radical (unpaired) electrons. The first kappa shape index (κ1) is 13.2. The molecule has 0 unspecified atom stereocenters. The molecule has 0 nitrogen and oxygen atoms in total. The van der Waals surface area contributed by atoms with Crippen LogP contribution in [-0.2, 0) is 24.7 Å². The fourth-order valence-corrected chi connectivity index (χ4v) is 1.98. The van der Waals surface area contributed by atoms with E-state index in [9.17, 15) is 0 Å². The Hall–Kier alpha value is 0.163. The third-order valence-corrected chi connectivity index (χ3v) is 2.86. The maximum atomic E-state index is 2.20. The van der Waals surface area contributed by atoms with Crippen LogP contribution in [0.2, 0.25) is 0 Å².